The fraction of sp³-hybridized carbons (Fsp3) is 0. The summed E-state index contributed by atoms with van der Waals surface area (Å²) in [7, 11) is 0. The molecule has 10 aromatic carbocycles. The zero-order chi connectivity index (χ0) is 41.7. The summed E-state index contributed by atoms with van der Waals surface area (Å²) in [5.41, 5.74) is 13.6. The van der Waals surface area contributed by atoms with Gasteiger partial charge in [0, 0.05) is 27.5 Å². The highest BCUT2D eigenvalue weighted by Crippen LogP contribution is 2.40. The third kappa shape index (κ3) is 6.80. The summed E-state index contributed by atoms with van der Waals surface area (Å²) in [5.74, 6) is 1.87. The summed E-state index contributed by atoms with van der Waals surface area (Å²) in [6.07, 6.45) is 0. The van der Waals surface area contributed by atoms with E-state index in [0.717, 1.165) is 71.8 Å². The molecule has 4 heteroatoms. The predicted molar refractivity (Wildman–Crippen MR) is 260 cm³/mol. The molecule has 0 bridgehead atoms. The van der Waals surface area contributed by atoms with Crippen LogP contribution in [0, 0.1) is 0 Å². The maximum absolute atomic E-state index is 6.54. The first-order chi connectivity index (χ1) is 31.2. The van der Waals surface area contributed by atoms with Gasteiger partial charge in [0.2, 0.25) is 0 Å². The Kier molecular flexibility index (Phi) is 8.79. The number of fused-ring (bicyclic) bond motifs is 5. The monoisotopic (exact) mass is 803 g/mol. The van der Waals surface area contributed by atoms with Gasteiger partial charge in [-0.25, -0.2) is 15.0 Å². The van der Waals surface area contributed by atoms with Crippen LogP contribution in [0.4, 0.5) is 0 Å². The topological polar surface area (TPSA) is 51.8 Å². The summed E-state index contributed by atoms with van der Waals surface area (Å²) in [4.78, 5) is 15.3. The van der Waals surface area contributed by atoms with Crippen LogP contribution < -0.4 is 0 Å². The van der Waals surface area contributed by atoms with E-state index >= 15 is 0 Å². The third-order valence-corrected chi connectivity index (χ3v) is 12.1. The Morgan fingerprint density at radius 3 is 1.37 bits per heavy atom. The van der Waals surface area contributed by atoms with Gasteiger partial charge in [-0.05, 0) is 102 Å². The first-order valence-corrected chi connectivity index (χ1v) is 21.2. The molecule has 0 saturated heterocycles. The van der Waals surface area contributed by atoms with Crippen molar-refractivity contribution in [1.29, 1.82) is 0 Å². The lowest BCUT2D eigenvalue weighted by Crippen LogP contribution is -2.00. The standard InChI is InChI=1S/C59H37N3O/c1-2-10-38(11-3-1)47-16-8-17-50(35-47)52-18-9-19-54-56(52)53-33-32-49(37-55(53)63-54)42-22-28-44(29-23-42)58-60-57(61-59(62-58)51-31-25-40-13-5-7-15-46(40)36-51)43-26-20-41(21-27-43)48-30-24-39-12-4-6-14-45(39)34-48/h1-37H. The number of nitrogens with zero attached hydrogens (tertiary/aromatic N) is 3. The molecular formula is C59H37N3O. The Bertz CT molecular complexity index is 3670. The lowest BCUT2D eigenvalue weighted by Gasteiger charge is -2.10. The van der Waals surface area contributed by atoms with Crippen molar-refractivity contribution in [1.82, 2.24) is 15.0 Å². The van der Waals surface area contributed by atoms with Crippen molar-refractivity contribution in [3.63, 3.8) is 0 Å². The molecule has 2 aromatic heterocycles. The molecule has 0 unspecified atom stereocenters. The quantitative estimate of drug-likeness (QED) is 0.161. The second kappa shape index (κ2) is 15.2. The molecule has 0 aliphatic carbocycles. The van der Waals surface area contributed by atoms with E-state index in [0.29, 0.717) is 17.5 Å². The maximum atomic E-state index is 6.54. The zero-order valence-corrected chi connectivity index (χ0v) is 34.1. The normalized spacial score (nSPS) is 11.5. The van der Waals surface area contributed by atoms with E-state index in [4.69, 9.17) is 19.4 Å². The molecule has 0 spiro atoms. The van der Waals surface area contributed by atoms with Crippen LogP contribution >= 0.6 is 0 Å². The molecule has 12 rings (SSSR count). The van der Waals surface area contributed by atoms with Gasteiger partial charge in [-0.1, -0.05) is 188 Å². The van der Waals surface area contributed by atoms with Gasteiger partial charge in [0.15, 0.2) is 17.5 Å². The van der Waals surface area contributed by atoms with Gasteiger partial charge in [-0.3, -0.25) is 0 Å². The lowest BCUT2D eigenvalue weighted by atomic mass is 9.95. The SMILES string of the molecule is c1ccc(-c2cccc(-c3cccc4oc5cc(-c6ccc(-c7nc(-c8ccc(-c9ccc%10ccccc%10c9)cc8)nc(-c8ccc9ccccc9c8)n7)cc6)ccc5c34)c2)cc1. The van der Waals surface area contributed by atoms with Crippen molar-refractivity contribution in [2.45, 2.75) is 0 Å². The van der Waals surface area contributed by atoms with Gasteiger partial charge in [-0.2, -0.15) is 0 Å². The van der Waals surface area contributed by atoms with Crippen LogP contribution in [-0.4, -0.2) is 15.0 Å². The molecule has 0 saturated carbocycles. The smallest absolute Gasteiger partial charge is 0.164 e. The number of aromatic nitrogens is 3. The minimum Gasteiger partial charge on any atom is -0.456 e. The summed E-state index contributed by atoms with van der Waals surface area (Å²) >= 11 is 0. The molecular weight excluding hydrogens is 767 g/mol. The predicted octanol–water partition coefficient (Wildman–Crippen LogP) is 15.7. The number of furan rings is 1. The largest absolute Gasteiger partial charge is 0.456 e. The van der Waals surface area contributed by atoms with Gasteiger partial charge < -0.3 is 4.42 Å². The average Bonchev–Trinajstić information content (AvgIpc) is 3.75. The number of rotatable bonds is 7. The van der Waals surface area contributed by atoms with Gasteiger partial charge in [0.05, 0.1) is 0 Å². The third-order valence-electron chi connectivity index (χ3n) is 12.1. The fourth-order valence-corrected chi connectivity index (χ4v) is 8.83. The zero-order valence-electron chi connectivity index (χ0n) is 34.1. The highest BCUT2D eigenvalue weighted by molar-refractivity contribution is 6.13. The van der Waals surface area contributed by atoms with Crippen LogP contribution in [0.25, 0.3) is 122 Å². The molecule has 0 aliphatic rings. The average molecular weight is 804 g/mol. The van der Waals surface area contributed by atoms with Crippen molar-refractivity contribution >= 4 is 43.5 Å². The molecule has 0 aliphatic heterocycles. The Labute approximate surface area is 364 Å². The van der Waals surface area contributed by atoms with Gasteiger partial charge in [-0.15, -0.1) is 0 Å². The van der Waals surface area contributed by atoms with Crippen LogP contribution in [0.2, 0.25) is 0 Å². The highest BCUT2D eigenvalue weighted by atomic mass is 16.3. The molecule has 63 heavy (non-hydrogen) atoms. The van der Waals surface area contributed by atoms with Crippen LogP contribution in [0.15, 0.2) is 229 Å². The Balaban J connectivity index is 0.893. The van der Waals surface area contributed by atoms with Crippen molar-refractivity contribution in [3.8, 4) is 78.7 Å². The van der Waals surface area contributed by atoms with E-state index in [2.05, 4.69) is 224 Å². The minimum atomic E-state index is 0.616. The van der Waals surface area contributed by atoms with Crippen molar-refractivity contribution in [2.75, 3.05) is 0 Å². The molecule has 0 atom stereocenters. The van der Waals surface area contributed by atoms with Crippen molar-refractivity contribution in [3.05, 3.63) is 224 Å². The van der Waals surface area contributed by atoms with E-state index in [9.17, 15) is 0 Å². The summed E-state index contributed by atoms with van der Waals surface area (Å²) < 4.78 is 6.54. The Morgan fingerprint density at radius 2 is 0.698 bits per heavy atom. The van der Waals surface area contributed by atoms with Crippen molar-refractivity contribution in [2.24, 2.45) is 0 Å². The number of hydrogen-bond donors (Lipinski definition) is 0. The molecule has 4 nitrogen and oxygen atoms in total. The van der Waals surface area contributed by atoms with Gasteiger partial charge in [0.1, 0.15) is 11.2 Å². The second-order valence-corrected chi connectivity index (χ2v) is 16.0. The summed E-state index contributed by atoms with van der Waals surface area (Å²) in [6.45, 7) is 0. The first kappa shape index (κ1) is 36.4. The van der Waals surface area contributed by atoms with E-state index in [1.165, 1.54) is 32.8 Å². The second-order valence-electron chi connectivity index (χ2n) is 16.0. The number of benzene rings is 10. The molecule has 0 N–H and O–H groups in total. The van der Waals surface area contributed by atoms with Gasteiger partial charge >= 0.3 is 0 Å². The van der Waals surface area contributed by atoms with Crippen LogP contribution in [-0.2, 0) is 0 Å². The number of hydrogen-bond acceptors (Lipinski definition) is 4. The highest BCUT2D eigenvalue weighted by Gasteiger charge is 2.16. The van der Waals surface area contributed by atoms with E-state index < -0.39 is 0 Å². The Hall–Kier alpha value is -8.47. The molecule has 0 amide bonds. The van der Waals surface area contributed by atoms with Gasteiger partial charge in [0.25, 0.3) is 0 Å². The Morgan fingerprint density at radius 1 is 0.254 bits per heavy atom. The van der Waals surface area contributed by atoms with E-state index in [1.807, 2.05) is 0 Å². The fourth-order valence-electron chi connectivity index (χ4n) is 8.83. The van der Waals surface area contributed by atoms with Crippen LogP contribution in [0.3, 0.4) is 0 Å². The molecule has 12 aromatic rings. The molecule has 294 valence electrons. The molecule has 0 fully saturated rings. The molecule has 0 radical (unpaired) electrons. The first-order valence-electron chi connectivity index (χ1n) is 21.2. The summed E-state index contributed by atoms with van der Waals surface area (Å²) in [5, 5.41) is 6.97. The minimum absolute atomic E-state index is 0.616. The maximum Gasteiger partial charge on any atom is 0.164 e. The van der Waals surface area contributed by atoms with E-state index in [1.54, 1.807) is 0 Å². The van der Waals surface area contributed by atoms with Crippen LogP contribution in [0.1, 0.15) is 0 Å². The molecule has 2 heterocycles. The van der Waals surface area contributed by atoms with Crippen molar-refractivity contribution < 1.29 is 4.42 Å². The summed E-state index contributed by atoms with van der Waals surface area (Å²) in [6, 6.07) is 78.9. The van der Waals surface area contributed by atoms with E-state index in [-0.39, 0.29) is 0 Å². The lowest BCUT2D eigenvalue weighted by molar-refractivity contribution is 0.669. The van der Waals surface area contributed by atoms with Crippen LogP contribution in [0.5, 0.6) is 0 Å².